The Morgan fingerprint density at radius 3 is 2.74 bits per heavy atom. The van der Waals surface area contributed by atoms with Crippen LogP contribution in [-0.4, -0.2) is 35.5 Å². The third-order valence-corrected chi connectivity index (χ3v) is 6.46. The Kier molecular flexibility index (Phi) is 8.81. The number of hydrogen-bond acceptors (Lipinski definition) is 6. The van der Waals surface area contributed by atoms with E-state index < -0.39 is 0 Å². The van der Waals surface area contributed by atoms with Crippen molar-refractivity contribution in [3.05, 3.63) is 91.4 Å². The second-order valence-corrected chi connectivity index (χ2v) is 9.81. The Bertz CT molecular complexity index is 1590. The van der Waals surface area contributed by atoms with Gasteiger partial charge in [0.05, 0.1) is 29.2 Å². The summed E-state index contributed by atoms with van der Waals surface area (Å²) >= 11 is 9.90. The van der Waals surface area contributed by atoms with E-state index in [2.05, 4.69) is 31.3 Å². The third kappa shape index (κ3) is 6.23. The van der Waals surface area contributed by atoms with Crippen LogP contribution < -0.4 is 20.3 Å². The van der Waals surface area contributed by atoms with E-state index in [9.17, 15) is 9.59 Å². The number of rotatable bonds is 9. The quantitative estimate of drug-likeness (QED) is 0.240. The number of nitrogens with one attached hydrogen (secondary N) is 1. The zero-order valence-corrected chi connectivity index (χ0v) is 23.5. The molecule has 0 aliphatic rings. The minimum atomic E-state index is -0.332. The summed E-state index contributed by atoms with van der Waals surface area (Å²) < 4.78 is 13.2. The Labute approximate surface area is 233 Å². The number of aromatic nitrogens is 2. The zero-order chi connectivity index (χ0) is 27.2. The second kappa shape index (κ2) is 12.2. The lowest BCUT2D eigenvalue weighted by molar-refractivity contribution is -0.118. The smallest absolute Gasteiger partial charge is 0.282 e. The van der Waals surface area contributed by atoms with E-state index >= 15 is 0 Å². The molecule has 38 heavy (non-hydrogen) atoms. The summed E-state index contributed by atoms with van der Waals surface area (Å²) in [7, 11) is 1.47. The van der Waals surface area contributed by atoms with Gasteiger partial charge in [-0.25, -0.2) is 4.98 Å². The average molecular weight is 598 g/mol. The number of aryl methyl sites for hydroxylation is 2. The molecule has 196 valence electrons. The minimum Gasteiger partial charge on any atom is -0.493 e. The summed E-state index contributed by atoms with van der Waals surface area (Å²) in [6.45, 7) is 3.66. The van der Waals surface area contributed by atoms with Crippen LogP contribution in [0.3, 0.4) is 0 Å². The highest BCUT2D eigenvalue weighted by Crippen LogP contribution is 2.36. The van der Waals surface area contributed by atoms with Crippen molar-refractivity contribution in [1.82, 2.24) is 9.66 Å². The number of amides is 1. The maximum absolute atomic E-state index is 13.2. The first-order valence-electron chi connectivity index (χ1n) is 11.9. The van der Waals surface area contributed by atoms with E-state index in [0.717, 1.165) is 16.5 Å². The van der Waals surface area contributed by atoms with Crippen molar-refractivity contribution in [2.75, 3.05) is 19.0 Å². The van der Waals surface area contributed by atoms with Crippen molar-refractivity contribution < 1.29 is 14.3 Å². The topological polar surface area (TPSA) is 94.8 Å². The summed E-state index contributed by atoms with van der Waals surface area (Å²) in [5, 5.41) is 7.94. The number of halogens is 2. The lowest BCUT2D eigenvalue weighted by Crippen LogP contribution is -2.22. The third-order valence-electron chi connectivity index (χ3n) is 5.69. The first-order chi connectivity index (χ1) is 18.3. The van der Waals surface area contributed by atoms with Crippen molar-refractivity contribution in [2.24, 2.45) is 5.10 Å². The summed E-state index contributed by atoms with van der Waals surface area (Å²) in [4.78, 5) is 30.3. The summed E-state index contributed by atoms with van der Waals surface area (Å²) in [6, 6.07) is 16.1. The van der Waals surface area contributed by atoms with Gasteiger partial charge in [0.15, 0.2) is 18.1 Å². The van der Waals surface area contributed by atoms with Crippen LogP contribution in [0.4, 0.5) is 5.69 Å². The molecule has 1 heterocycles. The molecular weight excluding hydrogens is 572 g/mol. The molecule has 10 heteroatoms. The lowest BCUT2D eigenvalue weighted by atomic mass is 10.2. The van der Waals surface area contributed by atoms with Crippen molar-refractivity contribution >= 4 is 56.2 Å². The molecule has 4 rings (SSSR count). The van der Waals surface area contributed by atoms with Gasteiger partial charge < -0.3 is 14.8 Å². The highest BCUT2D eigenvalue weighted by Gasteiger charge is 2.15. The number of fused-ring (bicyclic) bond motifs is 1. The fraction of sp³-hybridized carbons (Fsp3) is 0.214. The van der Waals surface area contributed by atoms with Crippen LogP contribution in [0.2, 0.25) is 5.02 Å². The number of carbonyl (C=O) groups excluding carboxylic acids is 1. The Hall–Kier alpha value is -3.69. The molecule has 1 N–H and O–H groups in total. The number of methoxy groups -OCH3 is 1. The van der Waals surface area contributed by atoms with E-state index in [1.54, 1.807) is 24.3 Å². The van der Waals surface area contributed by atoms with Gasteiger partial charge in [-0.2, -0.15) is 9.78 Å². The molecule has 0 saturated carbocycles. The van der Waals surface area contributed by atoms with Gasteiger partial charge in [0, 0.05) is 16.6 Å². The molecule has 0 radical (unpaired) electrons. The van der Waals surface area contributed by atoms with Gasteiger partial charge in [-0.15, -0.1) is 0 Å². The number of carbonyl (C=O) groups is 1. The lowest BCUT2D eigenvalue weighted by Gasteiger charge is -2.14. The van der Waals surface area contributed by atoms with Gasteiger partial charge in [0.2, 0.25) is 0 Å². The number of hydrogen-bond donors (Lipinski definition) is 1. The number of para-hydroxylation sites is 1. The normalized spacial score (nSPS) is 11.2. The summed E-state index contributed by atoms with van der Waals surface area (Å²) in [5.74, 6) is 0.777. The fourth-order valence-corrected chi connectivity index (χ4v) is 4.45. The molecule has 0 unspecified atom stereocenters. The standard InChI is InChI=1S/C28H26BrClN4O4/c1-4-7-25-32-23-11-10-19(29)14-20(23)28(36)34(25)31-15-18-12-21(30)27(24(13-18)37-3)38-16-26(35)33-22-9-6-5-8-17(22)2/h5-6,8-15H,4,7,16H2,1-3H3,(H,33,35). The van der Waals surface area contributed by atoms with Crippen molar-refractivity contribution in [2.45, 2.75) is 26.7 Å². The molecular formula is C28H26BrClN4O4. The Balaban J connectivity index is 1.58. The minimum absolute atomic E-state index is 0.229. The van der Waals surface area contributed by atoms with Crippen molar-refractivity contribution in [3.8, 4) is 11.5 Å². The molecule has 0 fully saturated rings. The molecule has 0 bridgehead atoms. The summed E-state index contributed by atoms with van der Waals surface area (Å²) in [6.07, 6.45) is 2.89. The predicted molar refractivity (Wildman–Crippen MR) is 154 cm³/mol. The highest BCUT2D eigenvalue weighted by molar-refractivity contribution is 9.10. The monoisotopic (exact) mass is 596 g/mol. The number of benzene rings is 3. The number of nitrogens with zero attached hydrogens (tertiary/aromatic N) is 3. The van der Waals surface area contributed by atoms with Crippen molar-refractivity contribution in [3.63, 3.8) is 0 Å². The van der Waals surface area contributed by atoms with Gasteiger partial charge in [-0.05, 0) is 60.9 Å². The van der Waals surface area contributed by atoms with Gasteiger partial charge in [0.25, 0.3) is 11.5 Å². The predicted octanol–water partition coefficient (Wildman–Crippen LogP) is 5.98. The second-order valence-electron chi connectivity index (χ2n) is 8.49. The van der Waals surface area contributed by atoms with Crippen LogP contribution >= 0.6 is 27.5 Å². The Morgan fingerprint density at radius 1 is 1.21 bits per heavy atom. The zero-order valence-electron chi connectivity index (χ0n) is 21.1. The molecule has 0 saturated heterocycles. The van der Waals surface area contributed by atoms with Gasteiger partial charge in [-0.3, -0.25) is 9.59 Å². The van der Waals surface area contributed by atoms with Gasteiger partial charge in [-0.1, -0.05) is 52.7 Å². The molecule has 8 nitrogen and oxygen atoms in total. The van der Waals surface area contributed by atoms with E-state index in [-0.39, 0.29) is 28.8 Å². The van der Waals surface area contributed by atoms with Crippen LogP contribution in [0.25, 0.3) is 10.9 Å². The number of ether oxygens (including phenoxy) is 2. The average Bonchev–Trinajstić information content (AvgIpc) is 2.89. The molecule has 4 aromatic rings. The largest absolute Gasteiger partial charge is 0.493 e. The van der Waals surface area contributed by atoms with Crippen LogP contribution in [0.5, 0.6) is 11.5 Å². The van der Waals surface area contributed by atoms with E-state index in [1.807, 2.05) is 44.2 Å². The highest BCUT2D eigenvalue weighted by atomic mass is 79.9. The molecule has 0 atom stereocenters. The van der Waals surface area contributed by atoms with Crippen LogP contribution in [0.15, 0.2) is 69.0 Å². The SMILES string of the molecule is CCCc1nc2ccc(Br)cc2c(=O)n1N=Cc1cc(Cl)c(OCC(=O)Nc2ccccc2C)c(OC)c1. The fourth-order valence-electron chi connectivity index (χ4n) is 3.82. The molecule has 1 aromatic heterocycles. The molecule has 3 aromatic carbocycles. The first-order valence-corrected chi connectivity index (χ1v) is 13.1. The maximum Gasteiger partial charge on any atom is 0.282 e. The van der Waals surface area contributed by atoms with Crippen LogP contribution in [0.1, 0.15) is 30.3 Å². The summed E-state index contributed by atoms with van der Waals surface area (Å²) in [5.41, 5.74) is 2.57. The van der Waals surface area contributed by atoms with E-state index in [0.29, 0.717) is 40.1 Å². The van der Waals surface area contributed by atoms with Gasteiger partial charge in [0.1, 0.15) is 5.82 Å². The molecule has 0 spiro atoms. The number of anilines is 1. The van der Waals surface area contributed by atoms with Crippen LogP contribution in [0, 0.1) is 6.92 Å². The Morgan fingerprint density at radius 2 is 2.00 bits per heavy atom. The van der Waals surface area contributed by atoms with Gasteiger partial charge >= 0.3 is 0 Å². The first kappa shape index (κ1) is 27.3. The molecule has 0 aliphatic heterocycles. The van der Waals surface area contributed by atoms with E-state index in [4.69, 9.17) is 21.1 Å². The molecule has 1 amide bonds. The molecule has 0 aliphatic carbocycles. The maximum atomic E-state index is 13.2. The van der Waals surface area contributed by atoms with Crippen molar-refractivity contribution in [1.29, 1.82) is 0 Å². The van der Waals surface area contributed by atoms with E-state index in [1.165, 1.54) is 18.0 Å². The van der Waals surface area contributed by atoms with Crippen LogP contribution in [-0.2, 0) is 11.2 Å².